The lowest BCUT2D eigenvalue weighted by Crippen LogP contribution is -2.18. The average molecular weight is 145 g/mol. The Kier molecular flexibility index (Phi) is 6.98. The largest absolute Gasteiger partial charge is 0.379 e. The van der Waals surface area contributed by atoms with Crippen LogP contribution in [0.15, 0.2) is 0 Å². The summed E-state index contributed by atoms with van der Waals surface area (Å²) >= 11 is 0. The van der Waals surface area contributed by atoms with Crippen molar-refractivity contribution in [2.45, 2.75) is 26.4 Å². The fourth-order valence-electron chi connectivity index (χ4n) is 0.700. The third-order valence-corrected chi connectivity index (χ3v) is 1.23. The van der Waals surface area contributed by atoms with Gasteiger partial charge in [-0.2, -0.15) is 0 Å². The lowest BCUT2D eigenvalue weighted by Gasteiger charge is -2.13. The van der Waals surface area contributed by atoms with E-state index in [2.05, 4.69) is 6.92 Å². The topological polar surface area (TPSA) is 18.5 Å². The van der Waals surface area contributed by atoms with Crippen LogP contribution in [0, 0.1) is 6.92 Å². The molecule has 1 unspecified atom stereocenters. The molecule has 0 amide bonds. The first-order valence-corrected chi connectivity index (χ1v) is 3.83. The summed E-state index contributed by atoms with van der Waals surface area (Å²) in [6.45, 7) is 9.88. The molecule has 0 saturated carbocycles. The third kappa shape index (κ3) is 4.77. The fraction of sp³-hybridized carbons (Fsp3) is 0.875. The predicted molar refractivity (Wildman–Crippen MR) is 41.9 cm³/mol. The van der Waals surface area contributed by atoms with Crippen LogP contribution in [0.4, 0.5) is 0 Å². The van der Waals surface area contributed by atoms with Gasteiger partial charge in [-0.1, -0.05) is 6.92 Å². The van der Waals surface area contributed by atoms with E-state index in [9.17, 15) is 0 Å². The normalized spacial score (nSPS) is 13.5. The summed E-state index contributed by atoms with van der Waals surface area (Å²) in [5, 5.41) is 0. The van der Waals surface area contributed by atoms with Gasteiger partial charge in [0.1, 0.15) is 0 Å². The van der Waals surface area contributed by atoms with Crippen molar-refractivity contribution in [3.8, 4) is 0 Å². The molecule has 2 nitrogen and oxygen atoms in total. The first-order valence-electron chi connectivity index (χ1n) is 3.83. The minimum atomic E-state index is 0.185. The summed E-state index contributed by atoms with van der Waals surface area (Å²) < 4.78 is 10.5. The van der Waals surface area contributed by atoms with Crippen molar-refractivity contribution in [2.75, 3.05) is 19.8 Å². The number of rotatable bonds is 6. The van der Waals surface area contributed by atoms with Gasteiger partial charge in [-0.25, -0.2) is 0 Å². The summed E-state index contributed by atoms with van der Waals surface area (Å²) in [6.07, 6.45) is 0.971. The fourth-order valence-corrected chi connectivity index (χ4v) is 0.700. The Morgan fingerprint density at radius 3 is 2.40 bits per heavy atom. The highest BCUT2D eigenvalue weighted by Crippen LogP contribution is 1.97. The van der Waals surface area contributed by atoms with Crippen molar-refractivity contribution in [2.24, 2.45) is 0 Å². The van der Waals surface area contributed by atoms with Crippen molar-refractivity contribution in [1.82, 2.24) is 0 Å². The lowest BCUT2D eigenvalue weighted by atomic mass is 10.3. The maximum atomic E-state index is 5.31. The molecule has 0 rings (SSSR count). The van der Waals surface area contributed by atoms with Gasteiger partial charge in [0.25, 0.3) is 0 Å². The number of hydrogen-bond donors (Lipinski definition) is 0. The van der Waals surface area contributed by atoms with E-state index in [-0.39, 0.29) is 6.10 Å². The second-order valence-electron chi connectivity index (χ2n) is 2.03. The van der Waals surface area contributed by atoms with Crippen molar-refractivity contribution in [1.29, 1.82) is 0 Å². The molecule has 0 fully saturated rings. The zero-order valence-electron chi connectivity index (χ0n) is 6.93. The maximum Gasteiger partial charge on any atom is 0.0808 e. The molecule has 0 aliphatic carbocycles. The molecular formula is C8H17O2. The van der Waals surface area contributed by atoms with Gasteiger partial charge in [-0.05, 0) is 20.3 Å². The summed E-state index contributed by atoms with van der Waals surface area (Å²) in [5.41, 5.74) is 0. The maximum absolute atomic E-state index is 5.31. The van der Waals surface area contributed by atoms with Crippen LogP contribution in [0.25, 0.3) is 0 Å². The summed E-state index contributed by atoms with van der Waals surface area (Å²) in [7, 11) is 0. The number of hydrogen-bond acceptors (Lipinski definition) is 2. The quantitative estimate of drug-likeness (QED) is 0.566. The summed E-state index contributed by atoms with van der Waals surface area (Å²) in [4.78, 5) is 0. The van der Waals surface area contributed by atoms with E-state index in [1.807, 2.05) is 13.8 Å². The molecule has 61 valence electrons. The Bertz CT molecular complexity index is 64.3. The standard InChI is InChI=1S/C8H17O2/c1-4-8(10-6-3)7-9-5-2/h8H,1,4-7H2,2-3H3. The van der Waals surface area contributed by atoms with E-state index >= 15 is 0 Å². The Labute approximate surface area is 63.5 Å². The summed E-state index contributed by atoms with van der Waals surface area (Å²) in [6, 6.07) is 0. The van der Waals surface area contributed by atoms with Crippen LogP contribution in [-0.2, 0) is 9.47 Å². The Morgan fingerprint density at radius 1 is 1.30 bits per heavy atom. The van der Waals surface area contributed by atoms with Gasteiger partial charge >= 0.3 is 0 Å². The highest BCUT2D eigenvalue weighted by atomic mass is 16.5. The van der Waals surface area contributed by atoms with E-state index in [1.54, 1.807) is 0 Å². The lowest BCUT2D eigenvalue weighted by molar-refractivity contribution is -0.00666. The van der Waals surface area contributed by atoms with E-state index in [0.29, 0.717) is 6.61 Å². The smallest absolute Gasteiger partial charge is 0.0808 e. The molecule has 0 spiro atoms. The monoisotopic (exact) mass is 145 g/mol. The van der Waals surface area contributed by atoms with Gasteiger partial charge in [-0.3, -0.25) is 0 Å². The van der Waals surface area contributed by atoms with Gasteiger partial charge in [0.2, 0.25) is 0 Å². The van der Waals surface area contributed by atoms with E-state index in [0.717, 1.165) is 19.6 Å². The van der Waals surface area contributed by atoms with E-state index < -0.39 is 0 Å². The Hall–Kier alpha value is -0.0800. The average Bonchev–Trinajstić information content (AvgIpc) is 1.98. The van der Waals surface area contributed by atoms with E-state index in [1.165, 1.54) is 0 Å². The zero-order valence-corrected chi connectivity index (χ0v) is 6.93. The minimum Gasteiger partial charge on any atom is -0.379 e. The molecule has 0 aromatic rings. The van der Waals surface area contributed by atoms with Crippen molar-refractivity contribution >= 4 is 0 Å². The first kappa shape index (κ1) is 9.92. The highest BCUT2D eigenvalue weighted by molar-refractivity contribution is 4.57. The molecule has 0 N–H and O–H groups in total. The molecule has 10 heavy (non-hydrogen) atoms. The highest BCUT2D eigenvalue weighted by Gasteiger charge is 2.03. The SMILES string of the molecule is [CH2]CC(COCC)OCC. The van der Waals surface area contributed by atoms with Crippen LogP contribution >= 0.6 is 0 Å². The molecule has 1 atom stereocenters. The molecule has 0 aromatic heterocycles. The van der Waals surface area contributed by atoms with Crippen LogP contribution in [0.5, 0.6) is 0 Å². The summed E-state index contributed by atoms with van der Waals surface area (Å²) in [5.74, 6) is 0. The molecule has 0 bridgehead atoms. The molecular weight excluding hydrogens is 128 g/mol. The second kappa shape index (κ2) is 7.03. The zero-order chi connectivity index (χ0) is 7.82. The van der Waals surface area contributed by atoms with E-state index in [4.69, 9.17) is 9.47 Å². The van der Waals surface area contributed by atoms with Gasteiger partial charge in [0.05, 0.1) is 12.7 Å². The Morgan fingerprint density at radius 2 is 2.00 bits per heavy atom. The van der Waals surface area contributed by atoms with Crippen LogP contribution in [0.1, 0.15) is 20.3 Å². The molecule has 0 aromatic carbocycles. The van der Waals surface area contributed by atoms with Crippen molar-refractivity contribution < 1.29 is 9.47 Å². The van der Waals surface area contributed by atoms with Gasteiger partial charge in [-0.15, -0.1) is 0 Å². The van der Waals surface area contributed by atoms with Crippen LogP contribution < -0.4 is 0 Å². The van der Waals surface area contributed by atoms with Gasteiger partial charge in [0.15, 0.2) is 0 Å². The molecule has 0 heterocycles. The molecule has 2 heteroatoms. The predicted octanol–water partition coefficient (Wildman–Crippen LogP) is 1.65. The van der Waals surface area contributed by atoms with Crippen LogP contribution in [-0.4, -0.2) is 25.9 Å². The second-order valence-corrected chi connectivity index (χ2v) is 2.03. The third-order valence-electron chi connectivity index (χ3n) is 1.23. The number of ether oxygens (including phenoxy) is 2. The van der Waals surface area contributed by atoms with Crippen LogP contribution in [0.3, 0.4) is 0 Å². The van der Waals surface area contributed by atoms with Crippen LogP contribution in [0.2, 0.25) is 0 Å². The molecule has 0 aliphatic rings. The van der Waals surface area contributed by atoms with Gasteiger partial charge < -0.3 is 9.47 Å². The molecule has 0 saturated heterocycles. The minimum absolute atomic E-state index is 0.185. The Balaban J connectivity index is 3.21. The molecule has 1 radical (unpaired) electrons. The molecule has 0 aliphatic heterocycles. The first-order chi connectivity index (χ1) is 4.85. The van der Waals surface area contributed by atoms with Crippen molar-refractivity contribution in [3.05, 3.63) is 6.92 Å². The van der Waals surface area contributed by atoms with Gasteiger partial charge in [0, 0.05) is 13.2 Å². The van der Waals surface area contributed by atoms with Crippen molar-refractivity contribution in [3.63, 3.8) is 0 Å².